The molecule has 0 spiro atoms. The molecule has 0 amide bonds. The third-order valence-electron chi connectivity index (χ3n) is 1.90. The first-order chi connectivity index (χ1) is 7.08. The zero-order valence-electron chi connectivity index (χ0n) is 8.87. The highest BCUT2D eigenvalue weighted by molar-refractivity contribution is 8.93. The lowest BCUT2D eigenvalue weighted by Crippen LogP contribution is -2.11. The van der Waals surface area contributed by atoms with Crippen molar-refractivity contribution in [1.82, 2.24) is 19.5 Å². The van der Waals surface area contributed by atoms with Gasteiger partial charge in [0.15, 0.2) is 10.8 Å². The number of aliphatic hydroxyl groups is 1. The van der Waals surface area contributed by atoms with E-state index in [-0.39, 0.29) is 45.1 Å². The van der Waals surface area contributed by atoms with Crippen LogP contribution in [-0.4, -0.2) is 30.7 Å². The number of nitrogen functional groups attached to an aromatic ring is 1. The zero-order valence-corrected chi connectivity index (χ0v) is 13.1. The Morgan fingerprint density at radius 1 is 1.47 bits per heavy atom. The van der Waals surface area contributed by atoms with Crippen LogP contribution in [0.25, 0.3) is 11.2 Å². The summed E-state index contributed by atoms with van der Waals surface area (Å²) in [7, 11) is 0. The van der Waals surface area contributed by atoms with Crippen LogP contribution in [0.4, 0.5) is 5.95 Å². The first-order valence-electron chi connectivity index (χ1n) is 4.40. The van der Waals surface area contributed by atoms with Gasteiger partial charge in [-0.3, -0.25) is 0 Å². The minimum Gasteiger partial charge on any atom is -0.392 e. The van der Waals surface area contributed by atoms with E-state index in [1.807, 2.05) is 0 Å². The number of hydrogen-bond donors (Lipinski definition) is 2. The first kappa shape index (κ1) is 16.6. The lowest BCUT2D eigenvalue weighted by atomic mass is 10.4. The normalized spacial score (nSPS) is 11.7. The van der Waals surface area contributed by atoms with Crippen molar-refractivity contribution in [1.29, 1.82) is 0 Å². The van der Waals surface area contributed by atoms with Gasteiger partial charge in [-0.1, -0.05) is 11.6 Å². The summed E-state index contributed by atoms with van der Waals surface area (Å²) in [4.78, 5) is 11.9. The van der Waals surface area contributed by atoms with Crippen LogP contribution >= 0.6 is 45.6 Å². The van der Waals surface area contributed by atoms with E-state index in [1.54, 1.807) is 17.8 Å². The highest BCUT2D eigenvalue weighted by atomic mass is 79.9. The number of halogens is 3. The van der Waals surface area contributed by atoms with E-state index < -0.39 is 6.10 Å². The summed E-state index contributed by atoms with van der Waals surface area (Å²) in [6.45, 7) is 2.07. The van der Waals surface area contributed by atoms with E-state index >= 15 is 0 Å². The SMILES string of the molecule is Br.Br.CC(O)Cn1cnc2c(Cl)nc(N)nc21. The Morgan fingerprint density at radius 3 is 2.71 bits per heavy atom. The summed E-state index contributed by atoms with van der Waals surface area (Å²) in [5.41, 5.74) is 6.50. The predicted octanol–water partition coefficient (Wildman–Crippen LogP) is 1.60. The number of imidazole rings is 1. The molecule has 9 heteroatoms. The Bertz CT molecular complexity index is 504. The van der Waals surface area contributed by atoms with Crippen LogP contribution in [0.5, 0.6) is 0 Å². The molecule has 3 N–H and O–H groups in total. The second-order valence-corrected chi connectivity index (χ2v) is 3.65. The van der Waals surface area contributed by atoms with Crippen molar-refractivity contribution >= 4 is 62.7 Å². The molecular weight excluding hydrogens is 377 g/mol. The summed E-state index contributed by atoms with van der Waals surface area (Å²) < 4.78 is 1.68. The van der Waals surface area contributed by atoms with Gasteiger partial charge < -0.3 is 15.4 Å². The fraction of sp³-hybridized carbons (Fsp3) is 0.375. The zero-order chi connectivity index (χ0) is 11.0. The Labute approximate surface area is 124 Å². The molecule has 0 aliphatic rings. The van der Waals surface area contributed by atoms with Crippen LogP contribution < -0.4 is 5.73 Å². The second-order valence-electron chi connectivity index (χ2n) is 3.29. The fourth-order valence-electron chi connectivity index (χ4n) is 1.34. The molecule has 6 nitrogen and oxygen atoms in total. The van der Waals surface area contributed by atoms with Crippen LogP contribution in [-0.2, 0) is 6.54 Å². The van der Waals surface area contributed by atoms with Gasteiger partial charge >= 0.3 is 0 Å². The summed E-state index contributed by atoms with van der Waals surface area (Å²) in [5.74, 6) is 0.0971. The number of aromatic nitrogens is 4. The van der Waals surface area contributed by atoms with Crippen LogP contribution in [0, 0.1) is 0 Å². The predicted molar refractivity (Wildman–Crippen MR) is 77.1 cm³/mol. The van der Waals surface area contributed by atoms with Crippen LogP contribution in [0.2, 0.25) is 5.15 Å². The quantitative estimate of drug-likeness (QED) is 0.762. The van der Waals surface area contributed by atoms with Gasteiger partial charge in [-0.15, -0.1) is 34.0 Å². The Kier molecular flexibility index (Phi) is 6.31. The second kappa shape index (κ2) is 6.48. The van der Waals surface area contributed by atoms with E-state index in [0.717, 1.165) is 0 Å². The lowest BCUT2D eigenvalue weighted by Gasteiger charge is -2.05. The third-order valence-corrected chi connectivity index (χ3v) is 2.16. The average Bonchev–Trinajstić information content (AvgIpc) is 2.48. The number of nitrogens with zero attached hydrogens (tertiary/aromatic N) is 4. The molecule has 17 heavy (non-hydrogen) atoms. The molecule has 2 aromatic heterocycles. The highest BCUT2D eigenvalue weighted by Crippen LogP contribution is 2.19. The fourth-order valence-corrected chi connectivity index (χ4v) is 1.56. The minimum absolute atomic E-state index is 0. The maximum absolute atomic E-state index is 9.27. The van der Waals surface area contributed by atoms with Crippen molar-refractivity contribution < 1.29 is 5.11 Å². The largest absolute Gasteiger partial charge is 0.392 e. The van der Waals surface area contributed by atoms with Crippen LogP contribution in [0.3, 0.4) is 0 Å². The van der Waals surface area contributed by atoms with Gasteiger partial charge in [0.2, 0.25) is 5.95 Å². The number of hydrogen-bond acceptors (Lipinski definition) is 5. The molecule has 2 aromatic rings. The lowest BCUT2D eigenvalue weighted by molar-refractivity contribution is 0.175. The molecule has 0 bridgehead atoms. The third kappa shape index (κ3) is 3.51. The molecule has 0 radical (unpaired) electrons. The molecule has 2 rings (SSSR count). The maximum atomic E-state index is 9.27. The van der Waals surface area contributed by atoms with Gasteiger partial charge in [-0.25, -0.2) is 4.98 Å². The van der Waals surface area contributed by atoms with Gasteiger partial charge in [-0.2, -0.15) is 9.97 Å². The van der Waals surface area contributed by atoms with E-state index in [9.17, 15) is 5.11 Å². The van der Waals surface area contributed by atoms with E-state index in [2.05, 4.69) is 15.0 Å². The van der Waals surface area contributed by atoms with Crippen molar-refractivity contribution in [2.75, 3.05) is 5.73 Å². The average molecular weight is 389 g/mol. The van der Waals surface area contributed by atoms with Gasteiger partial charge in [-0.05, 0) is 6.92 Å². The number of rotatable bonds is 2. The van der Waals surface area contributed by atoms with E-state index in [4.69, 9.17) is 17.3 Å². The maximum Gasteiger partial charge on any atom is 0.223 e. The minimum atomic E-state index is -0.489. The van der Waals surface area contributed by atoms with Crippen LogP contribution in [0.1, 0.15) is 6.92 Å². The summed E-state index contributed by atoms with van der Waals surface area (Å²) in [6, 6.07) is 0. The molecule has 0 fully saturated rings. The first-order valence-corrected chi connectivity index (χ1v) is 4.77. The number of aliphatic hydroxyl groups excluding tert-OH is 1. The van der Waals surface area contributed by atoms with Crippen molar-refractivity contribution in [3.05, 3.63) is 11.5 Å². The highest BCUT2D eigenvalue weighted by Gasteiger charge is 2.11. The molecule has 0 aromatic carbocycles. The van der Waals surface area contributed by atoms with Crippen molar-refractivity contribution in [2.45, 2.75) is 19.6 Å². The molecule has 1 unspecified atom stereocenters. The number of anilines is 1. The molecule has 1 atom stereocenters. The van der Waals surface area contributed by atoms with Crippen molar-refractivity contribution in [2.24, 2.45) is 0 Å². The number of fused-ring (bicyclic) bond motifs is 1. The van der Waals surface area contributed by atoms with Gasteiger partial charge in [0.1, 0.15) is 5.52 Å². The van der Waals surface area contributed by atoms with Gasteiger partial charge in [0.25, 0.3) is 0 Å². The number of nitrogens with two attached hydrogens (primary N) is 1. The Morgan fingerprint density at radius 2 is 2.12 bits per heavy atom. The molecule has 96 valence electrons. The topological polar surface area (TPSA) is 89.8 Å². The van der Waals surface area contributed by atoms with Crippen LogP contribution in [0.15, 0.2) is 6.33 Å². The summed E-state index contributed by atoms with van der Waals surface area (Å²) >= 11 is 5.84. The van der Waals surface area contributed by atoms with Gasteiger partial charge in [0.05, 0.1) is 19.0 Å². The van der Waals surface area contributed by atoms with E-state index in [1.165, 1.54) is 0 Å². The van der Waals surface area contributed by atoms with E-state index in [0.29, 0.717) is 17.7 Å². The molecule has 0 saturated heterocycles. The summed E-state index contributed by atoms with van der Waals surface area (Å²) in [5, 5.41) is 9.49. The summed E-state index contributed by atoms with van der Waals surface area (Å²) in [6.07, 6.45) is 1.06. The van der Waals surface area contributed by atoms with Crippen molar-refractivity contribution in [3.63, 3.8) is 0 Å². The Balaban J connectivity index is 0.00000128. The molecular formula is C8H12Br2ClN5O. The van der Waals surface area contributed by atoms with Gasteiger partial charge in [0, 0.05) is 0 Å². The Hall–Kier alpha value is -0.440. The van der Waals surface area contributed by atoms with Crippen molar-refractivity contribution in [3.8, 4) is 0 Å². The standard InChI is InChI=1S/C8H10ClN5O.2BrH/c1-4(15)2-14-3-11-5-6(9)12-8(10)13-7(5)14;;/h3-4,15H,2H2,1H3,(H2,10,12,13);2*1H. The smallest absolute Gasteiger partial charge is 0.223 e. The molecule has 2 heterocycles. The molecule has 0 aliphatic carbocycles. The monoisotopic (exact) mass is 387 g/mol. The molecule has 0 saturated carbocycles. The molecule has 0 aliphatic heterocycles.